The first-order valence-electron chi connectivity index (χ1n) is 10.2. The summed E-state index contributed by atoms with van der Waals surface area (Å²) in [6.07, 6.45) is 5.85. The molecule has 1 aromatic heterocycles. The molecular weight excluding hydrogens is 370 g/mol. The van der Waals surface area contributed by atoms with Crippen LogP contribution in [0.3, 0.4) is 0 Å². The molecule has 2 aromatic rings. The molecule has 2 heterocycles. The van der Waals surface area contributed by atoms with Gasteiger partial charge in [-0.15, -0.1) is 11.3 Å². The molecule has 1 fully saturated rings. The van der Waals surface area contributed by atoms with Crippen molar-refractivity contribution in [3.05, 3.63) is 46.5 Å². The lowest BCUT2D eigenvalue weighted by molar-refractivity contribution is -0.121. The largest absolute Gasteiger partial charge is 0.332 e. The highest BCUT2D eigenvalue weighted by atomic mass is 32.1. The van der Waals surface area contributed by atoms with Crippen molar-refractivity contribution in [1.29, 1.82) is 0 Å². The van der Waals surface area contributed by atoms with Gasteiger partial charge in [-0.2, -0.15) is 0 Å². The molecule has 2 aliphatic rings. The number of nitrogens with zero attached hydrogens (tertiary/aromatic N) is 2. The SMILES string of the molecule is CCCCN1C(=O)c2ccccc2[C@H](C(=O)Nc2nc(C)cs2)C12CCCC2. The van der Waals surface area contributed by atoms with Crippen LogP contribution in [-0.2, 0) is 4.79 Å². The van der Waals surface area contributed by atoms with E-state index in [-0.39, 0.29) is 17.7 Å². The fourth-order valence-electron chi connectivity index (χ4n) is 4.90. The number of nitrogens with one attached hydrogen (secondary N) is 1. The van der Waals surface area contributed by atoms with Gasteiger partial charge in [0.1, 0.15) is 0 Å². The fourth-order valence-corrected chi connectivity index (χ4v) is 5.59. The highest BCUT2D eigenvalue weighted by molar-refractivity contribution is 7.13. The molecule has 0 radical (unpaired) electrons. The normalized spacial score (nSPS) is 20.4. The fraction of sp³-hybridized carbons (Fsp3) is 0.500. The number of carbonyl (C=O) groups excluding carboxylic acids is 2. The van der Waals surface area contributed by atoms with Crippen molar-refractivity contribution in [3.8, 4) is 0 Å². The quantitative estimate of drug-likeness (QED) is 0.792. The van der Waals surface area contributed by atoms with Gasteiger partial charge < -0.3 is 10.2 Å². The third-order valence-electron chi connectivity index (χ3n) is 6.14. The number of hydrogen-bond donors (Lipinski definition) is 1. The number of benzene rings is 1. The van der Waals surface area contributed by atoms with E-state index in [9.17, 15) is 9.59 Å². The minimum absolute atomic E-state index is 0.0438. The first kappa shape index (κ1) is 19.1. The van der Waals surface area contributed by atoms with E-state index >= 15 is 0 Å². The summed E-state index contributed by atoms with van der Waals surface area (Å²) >= 11 is 1.45. The molecule has 1 spiro atoms. The molecule has 1 aliphatic carbocycles. The summed E-state index contributed by atoms with van der Waals surface area (Å²) in [5.41, 5.74) is 2.02. The second-order valence-corrected chi connectivity index (χ2v) is 8.78. The summed E-state index contributed by atoms with van der Waals surface area (Å²) in [5, 5.41) is 5.61. The van der Waals surface area contributed by atoms with Crippen molar-refractivity contribution >= 4 is 28.3 Å². The van der Waals surface area contributed by atoms with E-state index in [0.29, 0.717) is 17.2 Å². The molecule has 0 unspecified atom stereocenters. The van der Waals surface area contributed by atoms with Gasteiger partial charge in [-0.1, -0.05) is 44.4 Å². The summed E-state index contributed by atoms with van der Waals surface area (Å²) in [4.78, 5) is 33.4. The van der Waals surface area contributed by atoms with E-state index in [1.807, 2.05) is 41.5 Å². The Morgan fingerprint density at radius 1 is 1.32 bits per heavy atom. The van der Waals surface area contributed by atoms with Crippen LogP contribution in [0.1, 0.15) is 73.0 Å². The third-order valence-corrected chi connectivity index (χ3v) is 7.01. The standard InChI is InChI=1S/C22H27N3O2S/c1-3-4-13-25-20(27)17-10-6-5-9-16(17)18(22(25)11-7-8-12-22)19(26)24-21-23-15(2)14-28-21/h5-6,9-10,14,18H,3-4,7-8,11-13H2,1-2H3,(H,23,24,26)/t18-/m1/s1. The second kappa shape index (κ2) is 7.66. The Hall–Kier alpha value is -2.21. The van der Waals surface area contributed by atoms with Gasteiger partial charge in [0.15, 0.2) is 5.13 Å². The highest BCUT2D eigenvalue weighted by Crippen LogP contribution is 2.50. The molecule has 1 saturated carbocycles. The number of rotatable bonds is 5. The van der Waals surface area contributed by atoms with E-state index in [0.717, 1.165) is 49.8 Å². The molecule has 5 nitrogen and oxygen atoms in total. The van der Waals surface area contributed by atoms with E-state index in [1.165, 1.54) is 11.3 Å². The highest BCUT2D eigenvalue weighted by Gasteiger charge is 2.55. The van der Waals surface area contributed by atoms with Crippen LogP contribution in [0.4, 0.5) is 5.13 Å². The third kappa shape index (κ3) is 3.13. The van der Waals surface area contributed by atoms with Crippen LogP contribution in [0.2, 0.25) is 0 Å². The number of anilines is 1. The van der Waals surface area contributed by atoms with Crippen LogP contribution in [0, 0.1) is 6.92 Å². The molecule has 6 heteroatoms. The zero-order chi connectivity index (χ0) is 19.7. The monoisotopic (exact) mass is 397 g/mol. The summed E-state index contributed by atoms with van der Waals surface area (Å²) in [6, 6.07) is 7.65. The predicted octanol–water partition coefficient (Wildman–Crippen LogP) is 4.74. The van der Waals surface area contributed by atoms with Crippen molar-refractivity contribution in [2.75, 3.05) is 11.9 Å². The van der Waals surface area contributed by atoms with E-state index in [1.54, 1.807) is 0 Å². The maximum atomic E-state index is 13.5. The molecule has 1 N–H and O–H groups in total. The average Bonchev–Trinajstić information content (AvgIpc) is 3.32. The van der Waals surface area contributed by atoms with Crippen LogP contribution < -0.4 is 5.32 Å². The Kier molecular flexibility index (Phi) is 5.23. The Bertz CT molecular complexity index is 885. The zero-order valence-corrected chi connectivity index (χ0v) is 17.3. The van der Waals surface area contributed by atoms with Crippen molar-refractivity contribution in [2.45, 2.75) is 63.8 Å². The van der Waals surface area contributed by atoms with Gasteiger partial charge in [0.05, 0.1) is 17.2 Å². The van der Waals surface area contributed by atoms with Crippen molar-refractivity contribution in [3.63, 3.8) is 0 Å². The van der Waals surface area contributed by atoms with Gasteiger partial charge in [-0.3, -0.25) is 9.59 Å². The Morgan fingerprint density at radius 2 is 2.07 bits per heavy atom. The number of unbranched alkanes of at least 4 members (excludes halogenated alkanes) is 1. The Labute approximate surface area is 170 Å². The lowest BCUT2D eigenvalue weighted by Gasteiger charge is -2.50. The number of fused-ring (bicyclic) bond motifs is 1. The molecule has 4 rings (SSSR count). The van der Waals surface area contributed by atoms with E-state index < -0.39 is 5.54 Å². The topological polar surface area (TPSA) is 62.3 Å². The molecule has 28 heavy (non-hydrogen) atoms. The lowest BCUT2D eigenvalue weighted by atomic mass is 9.71. The van der Waals surface area contributed by atoms with Gasteiger partial charge in [-0.25, -0.2) is 4.98 Å². The van der Waals surface area contributed by atoms with E-state index in [2.05, 4.69) is 17.2 Å². The van der Waals surface area contributed by atoms with Crippen LogP contribution in [0.5, 0.6) is 0 Å². The maximum absolute atomic E-state index is 13.5. The first-order valence-corrected chi connectivity index (χ1v) is 11.1. The molecule has 148 valence electrons. The summed E-state index contributed by atoms with van der Waals surface area (Å²) in [7, 11) is 0. The maximum Gasteiger partial charge on any atom is 0.254 e. The van der Waals surface area contributed by atoms with Crippen molar-refractivity contribution < 1.29 is 9.59 Å². The molecular formula is C22H27N3O2S. The second-order valence-electron chi connectivity index (χ2n) is 7.92. The van der Waals surface area contributed by atoms with Crippen LogP contribution in [-0.4, -0.2) is 33.8 Å². The van der Waals surface area contributed by atoms with Gasteiger partial charge in [0.25, 0.3) is 5.91 Å². The number of amides is 2. The lowest BCUT2D eigenvalue weighted by Crippen LogP contribution is -2.60. The zero-order valence-electron chi connectivity index (χ0n) is 16.5. The van der Waals surface area contributed by atoms with Gasteiger partial charge in [0, 0.05) is 17.5 Å². The summed E-state index contributed by atoms with van der Waals surface area (Å²) < 4.78 is 0. The predicted molar refractivity (Wildman–Crippen MR) is 112 cm³/mol. The minimum Gasteiger partial charge on any atom is -0.332 e. The summed E-state index contributed by atoms with van der Waals surface area (Å²) in [5.74, 6) is -0.317. The van der Waals surface area contributed by atoms with Crippen molar-refractivity contribution in [1.82, 2.24) is 9.88 Å². The Morgan fingerprint density at radius 3 is 2.75 bits per heavy atom. The molecule has 0 saturated heterocycles. The number of hydrogen-bond acceptors (Lipinski definition) is 4. The van der Waals surface area contributed by atoms with Gasteiger partial charge >= 0.3 is 0 Å². The van der Waals surface area contributed by atoms with E-state index in [4.69, 9.17) is 0 Å². The molecule has 1 aliphatic heterocycles. The van der Waals surface area contributed by atoms with Gasteiger partial charge in [0.2, 0.25) is 5.91 Å². The van der Waals surface area contributed by atoms with Crippen LogP contribution >= 0.6 is 11.3 Å². The van der Waals surface area contributed by atoms with Crippen LogP contribution in [0.25, 0.3) is 0 Å². The number of aromatic nitrogens is 1. The molecule has 2 amide bonds. The molecule has 0 bridgehead atoms. The molecule has 1 atom stereocenters. The number of thiazole rings is 1. The average molecular weight is 398 g/mol. The van der Waals surface area contributed by atoms with Gasteiger partial charge in [-0.05, 0) is 37.8 Å². The number of aryl methyl sites for hydroxylation is 1. The summed E-state index contributed by atoms with van der Waals surface area (Å²) in [6.45, 7) is 4.77. The molecule has 1 aromatic carbocycles. The number of carbonyl (C=O) groups is 2. The Balaban J connectivity index is 1.79. The first-order chi connectivity index (χ1) is 13.6. The van der Waals surface area contributed by atoms with Crippen molar-refractivity contribution in [2.24, 2.45) is 0 Å². The minimum atomic E-state index is -0.420. The van der Waals surface area contributed by atoms with Crippen LogP contribution in [0.15, 0.2) is 29.6 Å². The smallest absolute Gasteiger partial charge is 0.254 e.